The Morgan fingerprint density at radius 1 is 1.53 bits per heavy atom. The largest absolute Gasteiger partial charge is 0.337 e. The number of rotatable bonds is 6. The molecule has 0 spiro atoms. The molecule has 1 unspecified atom stereocenters. The van der Waals surface area contributed by atoms with Crippen LogP contribution in [0, 0.1) is 5.92 Å². The number of aromatic nitrogens is 2. The van der Waals surface area contributed by atoms with Gasteiger partial charge >= 0.3 is 0 Å². The van der Waals surface area contributed by atoms with Gasteiger partial charge in [-0.15, -0.1) is 0 Å². The van der Waals surface area contributed by atoms with Crippen LogP contribution in [0.5, 0.6) is 0 Å². The van der Waals surface area contributed by atoms with Crippen molar-refractivity contribution in [1.29, 1.82) is 0 Å². The average Bonchev–Trinajstić information content (AvgIpc) is 2.63. The van der Waals surface area contributed by atoms with Gasteiger partial charge < -0.3 is 10.3 Å². The molecule has 0 aliphatic carbocycles. The monoisotopic (exact) mass is 238 g/mol. The van der Waals surface area contributed by atoms with Crippen LogP contribution in [0.25, 0.3) is 0 Å². The second-order valence-corrected chi connectivity index (χ2v) is 5.61. The maximum absolute atomic E-state index is 5.95. The predicted octanol–water partition coefficient (Wildman–Crippen LogP) is 1.62. The molecular weight excluding hydrogens is 212 g/mol. The van der Waals surface area contributed by atoms with Gasteiger partial charge in [-0.3, -0.25) is 4.90 Å². The Labute approximate surface area is 105 Å². The van der Waals surface area contributed by atoms with Gasteiger partial charge in [0.1, 0.15) is 5.82 Å². The average molecular weight is 238 g/mol. The fourth-order valence-electron chi connectivity index (χ4n) is 2.23. The lowest BCUT2D eigenvalue weighted by Gasteiger charge is -2.39. The number of nitrogens with zero attached hydrogens (tertiary/aromatic N) is 3. The summed E-state index contributed by atoms with van der Waals surface area (Å²) in [5, 5.41) is 0. The highest BCUT2D eigenvalue weighted by atomic mass is 15.2. The van der Waals surface area contributed by atoms with Crippen LogP contribution in [0.2, 0.25) is 0 Å². The molecule has 0 amide bonds. The summed E-state index contributed by atoms with van der Waals surface area (Å²) in [6.45, 7) is 8.22. The van der Waals surface area contributed by atoms with Crippen molar-refractivity contribution >= 4 is 0 Å². The summed E-state index contributed by atoms with van der Waals surface area (Å²) in [7, 11) is 4.16. The quantitative estimate of drug-likeness (QED) is 0.819. The SMILES string of the molecule is CC(C)CC(C)(CN)N(C)Cc1nccn1C. The molecule has 1 atom stereocenters. The summed E-state index contributed by atoms with van der Waals surface area (Å²) in [5.41, 5.74) is 6.00. The fraction of sp³-hybridized carbons (Fsp3) is 0.769. The summed E-state index contributed by atoms with van der Waals surface area (Å²) in [6.07, 6.45) is 4.92. The number of imidazole rings is 1. The first-order valence-corrected chi connectivity index (χ1v) is 6.26. The Balaban J connectivity index is 2.73. The second-order valence-electron chi connectivity index (χ2n) is 5.61. The smallest absolute Gasteiger partial charge is 0.122 e. The fourth-order valence-corrected chi connectivity index (χ4v) is 2.23. The van der Waals surface area contributed by atoms with Crippen molar-refractivity contribution in [3.63, 3.8) is 0 Å². The van der Waals surface area contributed by atoms with Gasteiger partial charge in [0.2, 0.25) is 0 Å². The van der Waals surface area contributed by atoms with E-state index in [4.69, 9.17) is 5.73 Å². The van der Waals surface area contributed by atoms with Crippen molar-refractivity contribution in [2.45, 2.75) is 39.3 Å². The summed E-state index contributed by atoms with van der Waals surface area (Å²) in [5.74, 6) is 1.73. The number of hydrogen-bond donors (Lipinski definition) is 1. The van der Waals surface area contributed by atoms with Gasteiger partial charge in [0.05, 0.1) is 6.54 Å². The highest BCUT2D eigenvalue weighted by Crippen LogP contribution is 2.23. The topological polar surface area (TPSA) is 47.1 Å². The molecule has 0 fully saturated rings. The van der Waals surface area contributed by atoms with Crippen molar-refractivity contribution in [3.8, 4) is 0 Å². The van der Waals surface area contributed by atoms with Gasteiger partial charge in [0, 0.05) is 31.5 Å². The van der Waals surface area contributed by atoms with E-state index < -0.39 is 0 Å². The molecule has 0 aliphatic rings. The molecular formula is C13H26N4. The Morgan fingerprint density at radius 3 is 2.59 bits per heavy atom. The number of aryl methyl sites for hydroxylation is 1. The third-order valence-corrected chi connectivity index (χ3v) is 3.51. The molecule has 0 bridgehead atoms. The molecule has 0 saturated carbocycles. The van der Waals surface area contributed by atoms with Crippen LogP contribution in [0.4, 0.5) is 0 Å². The van der Waals surface area contributed by atoms with Crippen LogP contribution >= 0.6 is 0 Å². The molecule has 0 radical (unpaired) electrons. The molecule has 98 valence electrons. The van der Waals surface area contributed by atoms with E-state index in [1.807, 2.05) is 19.4 Å². The molecule has 0 saturated heterocycles. The first-order chi connectivity index (χ1) is 7.89. The van der Waals surface area contributed by atoms with Crippen LogP contribution in [0.15, 0.2) is 12.4 Å². The van der Waals surface area contributed by atoms with E-state index in [0.29, 0.717) is 12.5 Å². The van der Waals surface area contributed by atoms with Crippen LogP contribution < -0.4 is 5.73 Å². The molecule has 1 rings (SSSR count). The van der Waals surface area contributed by atoms with Gasteiger partial charge in [-0.2, -0.15) is 0 Å². The van der Waals surface area contributed by atoms with Gasteiger partial charge in [0.25, 0.3) is 0 Å². The second kappa shape index (κ2) is 5.65. The lowest BCUT2D eigenvalue weighted by atomic mass is 9.89. The Hall–Kier alpha value is -0.870. The maximum atomic E-state index is 5.95. The Bertz CT molecular complexity index is 345. The minimum Gasteiger partial charge on any atom is -0.337 e. The van der Waals surface area contributed by atoms with Crippen molar-refractivity contribution in [2.75, 3.05) is 13.6 Å². The van der Waals surface area contributed by atoms with Gasteiger partial charge in [-0.05, 0) is 26.3 Å². The van der Waals surface area contributed by atoms with E-state index in [9.17, 15) is 0 Å². The minimum atomic E-state index is 0.0418. The molecule has 4 heteroatoms. The first-order valence-electron chi connectivity index (χ1n) is 6.26. The van der Waals surface area contributed by atoms with E-state index in [2.05, 4.69) is 42.3 Å². The lowest BCUT2D eigenvalue weighted by molar-refractivity contribution is 0.108. The van der Waals surface area contributed by atoms with E-state index in [1.165, 1.54) is 0 Å². The summed E-state index contributed by atoms with van der Waals surface area (Å²) < 4.78 is 2.06. The standard InChI is InChI=1S/C13H26N4/c1-11(2)8-13(3,10-14)17(5)9-12-15-6-7-16(12)4/h6-7,11H,8-10,14H2,1-5H3. The molecule has 17 heavy (non-hydrogen) atoms. The van der Waals surface area contributed by atoms with Gasteiger partial charge in [0.15, 0.2) is 0 Å². The third-order valence-electron chi connectivity index (χ3n) is 3.51. The van der Waals surface area contributed by atoms with E-state index >= 15 is 0 Å². The molecule has 2 N–H and O–H groups in total. The zero-order chi connectivity index (χ0) is 13.1. The highest BCUT2D eigenvalue weighted by Gasteiger charge is 2.29. The zero-order valence-corrected chi connectivity index (χ0v) is 11.8. The molecule has 1 aromatic rings. The number of hydrogen-bond acceptors (Lipinski definition) is 3. The Morgan fingerprint density at radius 2 is 2.18 bits per heavy atom. The molecule has 1 aromatic heterocycles. The van der Waals surface area contributed by atoms with E-state index in [0.717, 1.165) is 18.8 Å². The zero-order valence-electron chi connectivity index (χ0n) is 11.8. The summed E-state index contributed by atoms with van der Waals surface area (Å²) in [6, 6.07) is 0. The molecule has 0 aromatic carbocycles. The predicted molar refractivity (Wildman–Crippen MR) is 71.6 cm³/mol. The van der Waals surface area contributed by atoms with Crippen molar-refractivity contribution < 1.29 is 0 Å². The first kappa shape index (κ1) is 14.2. The molecule has 4 nitrogen and oxygen atoms in total. The van der Waals surface area contributed by atoms with Gasteiger partial charge in [-0.25, -0.2) is 4.98 Å². The Kier molecular flexibility index (Phi) is 4.71. The lowest BCUT2D eigenvalue weighted by Crippen LogP contribution is -2.50. The van der Waals surface area contributed by atoms with Crippen LogP contribution in [0.1, 0.15) is 33.0 Å². The maximum Gasteiger partial charge on any atom is 0.122 e. The molecule has 1 heterocycles. The van der Waals surface area contributed by atoms with Crippen LogP contribution in [-0.2, 0) is 13.6 Å². The molecule has 0 aliphatic heterocycles. The van der Waals surface area contributed by atoms with E-state index in [1.54, 1.807) is 0 Å². The van der Waals surface area contributed by atoms with E-state index in [-0.39, 0.29) is 5.54 Å². The van der Waals surface area contributed by atoms with Crippen LogP contribution in [-0.4, -0.2) is 33.6 Å². The van der Waals surface area contributed by atoms with Gasteiger partial charge in [-0.1, -0.05) is 13.8 Å². The third kappa shape index (κ3) is 3.54. The van der Waals surface area contributed by atoms with Crippen molar-refractivity contribution in [3.05, 3.63) is 18.2 Å². The summed E-state index contributed by atoms with van der Waals surface area (Å²) >= 11 is 0. The van der Waals surface area contributed by atoms with Crippen molar-refractivity contribution in [1.82, 2.24) is 14.5 Å². The highest BCUT2D eigenvalue weighted by molar-refractivity contribution is 4.95. The summed E-state index contributed by atoms with van der Waals surface area (Å²) in [4.78, 5) is 6.68. The van der Waals surface area contributed by atoms with Crippen LogP contribution in [0.3, 0.4) is 0 Å². The minimum absolute atomic E-state index is 0.0418. The number of nitrogens with two attached hydrogens (primary N) is 1. The van der Waals surface area contributed by atoms with Crippen molar-refractivity contribution in [2.24, 2.45) is 18.7 Å². The number of likely N-dealkylation sites (N-methyl/N-ethyl adjacent to an activating group) is 1. The normalized spacial score (nSPS) is 15.5.